The average Bonchev–Trinajstić information content (AvgIpc) is 2.79. The van der Waals surface area contributed by atoms with Gasteiger partial charge >= 0.3 is 12.1 Å². The molecular formula is C17H23NO4. The van der Waals surface area contributed by atoms with Crippen molar-refractivity contribution in [2.75, 3.05) is 6.54 Å². The van der Waals surface area contributed by atoms with Gasteiger partial charge in [0.05, 0.1) is 5.56 Å². The van der Waals surface area contributed by atoms with E-state index >= 15 is 0 Å². The molecule has 2 atom stereocenters. The molecule has 1 aliphatic heterocycles. The van der Waals surface area contributed by atoms with Gasteiger partial charge in [0.1, 0.15) is 5.60 Å². The highest BCUT2D eigenvalue weighted by atomic mass is 16.6. The predicted molar refractivity (Wildman–Crippen MR) is 83.2 cm³/mol. The van der Waals surface area contributed by atoms with Crippen LogP contribution in [0, 0.1) is 0 Å². The third-order valence-corrected chi connectivity index (χ3v) is 3.83. The Morgan fingerprint density at radius 3 is 2.32 bits per heavy atom. The first-order valence-corrected chi connectivity index (χ1v) is 7.50. The van der Waals surface area contributed by atoms with Gasteiger partial charge in [0.25, 0.3) is 0 Å². The minimum absolute atomic E-state index is 0.110. The summed E-state index contributed by atoms with van der Waals surface area (Å²) < 4.78 is 5.44. The lowest BCUT2D eigenvalue weighted by Gasteiger charge is -2.27. The third kappa shape index (κ3) is 3.78. The molecule has 22 heavy (non-hydrogen) atoms. The summed E-state index contributed by atoms with van der Waals surface area (Å²) in [6.07, 6.45) is 0.565. The lowest BCUT2D eigenvalue weighted by atomic mass is 9.96. The van der Waals surface area contributed by atoms with Crippen molar-refractivity contribution in [2.24, 2.45) is 0 Å². The summed E-state index contributed by atoms with van der Waals surface area (Å²) in [6.45, 7) is 8.17. The van der Waals surface area contributed by atoms with E-state index in [1.165, 1.54) is 0 Å². The van der Waals surface area contributed by atoms with Crippen molar-refractivity contribution < 1.29 is 19.4 Å². The maximum atomic E-state index is 12.2. The van der Waals surface area contributed by atoms with E-state index in [-0.39, 0.29) is 23.6 Å². The Hall–Kier alpha value is -2.04. The number of ether oxygens (including phenoxy) is 1. The van der Waals surface area contributed by atoms with E-state index in [1.54, 1.807) is 17.0 Å². The van der Waals surface area contributed by atoms with Crippen molar-refractivity contribution in [3.05, 3.63) is 35.4 Å². The van der Waals surface area contributed by atoms with Gasteiger partial charge in [0.2, 0.25) is 0 Å². The van der Waals surface area contributed by atoms with Crippen LogP contribution in [-0.4, -0.2) is 40.3 Å². The second kappa shape index (κ2) is 5.99. The summed E-state index contributed by atoms with van der Waals surface area (Å²) >= 11 is 0. The topological polar surface area (TPSA) is 66.8 Å². The quantitative estimate of drug-likeness (QED) is 0.908. The Balaban J connectivity index is 2.07. The number of carboxylic acids is 1. The van der Waals surface area contributed by atoms with Gasteiger partial charge in [0.15, 0.2) is 0 Å². The fourth-order valence-electron chi connectivity index (χ4n) is 2.75. The van der Waals surface area contributed by atoms with Crippen molar-refractivity contribution in [1.82, 2.24) is 4.90 Å². The first kappa shape index (κ1) is 16.3. The second-order valence-electron chi connectivity index (χ2n) is 6.84. The molecule has 1 aromatic carbocycles. The van der Waals surface area contributed by atoms with E-state index in [0.29, 0.717) is 6.54 Å². The Morgan fingerprint density at radius 1 is 1.23 bits per heavy atom. The van der Waals surface area contributed by atoms with Crippen LogP contribution in [0.2, 0.25) is 0 Å². The second-order valence-corrected chi connectivity index (χ2v) is 6.84. The monoisotopic (exact) mass is 305 g/mol. The third-order valence-electron chi connectivity index (χ3n) is 3.83. The van der Waals surface area contributed by atoms with E-state index in [4.69, 9.17) is 9.84 Å². The van der Waals surface area contributed by atoms with Gasteiger partial charge in [-0.15, -0.1) is 0 Å². The Labute approximate surface area is 130 Å². The number of likely N-dealkylation sites (tertiary alicyclic amines) is 1. The van der Waals surface area contributed by atoms with Crippen LogP contribution in [0.4, 0.5) is 4.79 Å². The molecule has 0 aromatic heterocycles. The lowest BCUT2D eigenvalue weighted by Crippen LogP contribution is -2.38. The number of hydrogen-bond donors (Lipinski definition) is 1. The molecule has 0 radical (unpaired) electrons. The molecule has 1 N–H and O–H groups in total. The molecule has 1 aliphatic rings. The van der Waals surface area contributed by atoms with Gasteiger partial charge in [-0.2, -0.15) is 0 Å². The molecule has 0 unspecified atom stereocenters. The number of hydrogen-bond acceptors (Lipinski definition) is 3. The minimum atomic E-state index is -0.929. The number of nitrogens with zero attached hydrogens (tertiary/aromatic N) is 1. The SMILES string of the molecule is C[C@@H]1C[C@H](c2ccc(C(=O)O)cc2)CN1C(=O)OC(C)(C)C. The van der Waals surface area contributed by atoms with Crippen molar-refractivity contribution >= 4 is 12.1 Å². The zero-order valence-corrected chi connectivity index (χ0v) is 13.5. The lowest BCUT2D eigenvalue weighted by molar-refractivity contribution is 0.0237. The standard InChI is InChI=1S/C17H23NO4/c1-11-9-14(10-18(11)16(21)22-17(2,3)4)12-5-7-13(8-6-12)15(19)20/h5-8,11,14H,9-10H2,1-4H3,(H,19,20)/t11-,14+/m1/s1. The van der Waals surface area contributed by atoms with Crippen molar-refractivity contribution in [2.45, 2.75) is 51.7 Å². The Bertz CT molecular complexity index is 559. The van der Waals surface area contributed by atoms with Gasteiger partial charge in [-0.25, -0.2) is 9.59 Å². The number of rotatable bonds is 2. The normalized spacial score (nSPS) is 21.7. The Kier molecular flexibility index (Phi) is 4.44. The highest BCUT2D eigenvalue weighted by Crippen LogP contribution is 2.32. The van der Waals surface area contributed by atoms with Crippen LogP contribution >= 0.6 is 0 Å². The molecule has 0 aliphatic carbocycles. The van der Waals surface area contributed by atoms with E-state index in [2.05, 4.69) is 0 Å². The number of carbonyl (C=O) groups is 2. The molecule has 0 saturated carbocycles. The number of carboxylic acid groups (broad SMARTS) is 1. The number of benzene rings is 1. The van der Waals surface area contributed by atoms with Crippen LogP contribution in [0.15, 0.2) is 24.3 Å². The van der Waals surface area contributed by atoms with Gasteiger partial charge in [-0.05, 0) is 51.8 Å². The molecule has 2 rings (SSSR count). The van der Waals surface area contributed by atoms with E-state index in [1.807, 2.05) is 39.8 Å². The maximum Gasteiger partial charge on any atom is 0.410 e. The van der Waals surface area contributed by atoms with Crippen LogP contribution < -0.4 is 0 Å². The molecule has 0 bridgehead atoms. The molecule has 1 fully saturated rings. The summed E-state index contributed by atoms with van der Waals surface area (Å²) in [6, 6.07) is 6.99. The van der Waals surface area contributed by atoms with E-state index < -0.39 is 11.6 Å². The zero-order chi connectivity index (χ0) is 16.5. The smallest absolute Gasteiger partial charge is 0.410 e. The number of carbonyl (C=O) groups excluding carboxylic acids is 1. The van der Waals surface area contributed by atoms with Crippen LogP contribution in [0.5, 0.6) is 0 Å². The van der Waals surface area contributed by atoms with Crippen molar-refractivity contribution in [3.63, 3.8) is 0 Å². The summed E-state index contributed by atoms with van der Waals surface area (Å²) in [4.78, 5) is 24.9. The number of aromatic carboxylic acids is 1. The van der Waals surface area contributed by atoms with Gasteiger partial charge in [-0.1, -0.05) is 12.1 Å². The zero-order valence-electron chi connectivity index (χ0n) is 13.5. The van der Waals surface area contributed by atoms with E-state index in [0.717, 1.165) is 12.0 Å². The first-order valence-electron chi connectivity index (χ1n) is 7.50. The number of amides is 1. The summed E-state index contributed by atoms with van der Waals surface area (Å²) in [5, 5.41) is 8.94. The van der Waals surface area contributed by atoms with Gasteiger partial charge in [0, 0.05) is 18.5 Å². The average molecular weight is 305 g/mol. The van der Waals surface area contributed by atoms with Crippen LogP contribution in [0.25, 0.3) is 0 Å². The fraction of sp³-hybridized carbons (Fsp3) is 0.529. The van der Waals surface area contributed by atoms with Crippen LogP contribution in [-0.2, 0) is 4.74 Å². The molecule has 5 nitrogen and oxygen atoms in total. The molecule has 1 amide bonds. The first-order chi connectivity index (χ1) is 10.2. The van der Waals surface area contributed by atoms with Gasteiger partial charge < -0.3 is 14.7 Å². The Morgan fingerprint density at radius 2 is 1.82 bits per heavy atom. The highest BCUT2D eigenvalue weighted by Gasteiger charge is 2.35. The molecule has 1 saturated heterocycles. The highest BCUT2D eigenvalue weighted by molar-refractivity contribution is 5.87. The minimum Gasteiger partial charge on any atom is -0.478 e. The van der Waals surface area contributed by atoms with Crippen molar-refractivity contribution in [3.8, 4) is 0 Å². The molecular weight excluding hydrogens is 282 g/mol. The fourth-order valence-corrected chi connectivity index (χ4v) is 2.75. The van der Waals surface area contributed by atoms with Crippen LogP contribution in [0.3, 0.4) is 0 Å². The van der Waals surface area contributed by atoms with E-state index in [9.17, 15) is 9.59 Å². The van der Waals surface area contributed by atoms with Crippen molar-refractivity contribution in [1.29, 1.82) is 0 Å². The molecule has 1 heterocycles. The predicted octanol–water partition coefficient (Wildman–Crippen LogP) is 3.50. The largest absolute Gasteiger partial charge is 0.478 e. The summed E-state index contributed by atoms with van der Waals surface area (Å²) in [5.41, 5.74) is 0.833. The summed E-state index contributed by atoms with van der Waals surface area (Å²) in [5.74, 6) is -0.716. The molecule has 5 heteroatoms. The molecule has 1 aromatic rings. The van der Waals surface area contributed by atoms with Gasteiger partial charge in [-0.3, -0.25) is 0 Å². The van der Waals surface area contributed by atoms with Crippen LogP contribution in [0.1, 0.15) is 56.0 Å². The molecule has 120 valence electrons. The summed E-state index contributed by atoms with van der Waals surface area (Å²) in [7, 11) is 0. The maximum absolute atomic E-state index is 12.2. The molecule has 0 spiro atoms.